The molecule has 0 aromatic heterocycles. The van der Waals surface area contributed by atoms with Gasteiger partial charge in [0.15, 0.2) is 0 Å². The quantitative estimate of drug-likeness (QED) is 0.784. The minimum atomic E-state index is -4.38. The molecule has 0 aliphatic heterocycles. The number of alkyl halides is 3. The molecule has 1 fully saturated rings. The number of rotatable bonds is 7. The van der Waals surface area contributed by atoms with Gasteiger partial charge in [-0.3, -0.25) is 0 Å². The van der Waals surface area contributed by atoms with Crippen LogP contribution in [-0.2, 0) is 11.8 Å². The van der Waals surface area contributed by atoms with Crippen molar-refractivity contribution in [2.24, 2.45) is 5.92 Å². The Morgan fingerprint density at radius 1 is 1.13 bits per heavy atom. The predicted octanol–water partition coefficient (Wildman–Crippen LogP) is 4.46. The summed E-state index contributed by atoms with van der Waals surface area (Å²) in [6.07, 6.45) is -2.14. The van der Waals surface area contributed by atoms with E-state index in [0.29, 0.717) is 18.5 Å². The predicted molar refractivity (Wildman–Crippen MR) is 87.7 cm³/mol. The molecule has 1 N–H and O–H groups in total. The topological polar surface area (TPSA) is 23.5 Å². The second kappa shape index (κ2) is 7.86. The molecule has 1 aliphatic carbocycles. The Kier molecular flexibility index (Phi) is 6.93. The maximum atomic E-state index is 12.9. The van der Waals surface area contributed by atoms with E-state index in [1.165, 1.54) is 6.07 Å². The standard InChI is InChI=1S/C17H24F3NO.ClH/c1-3-21(4-2)11-10-16(22,13-8-9-13)14-6-5-7-15(12-14)17(18,19)20;/h5-7,12-13,22H,3-4,8-11H2,1-2H3;1H. The Morgan fingerprint density at radius 2 is 1.70 bits per heavy atom. The van der Waals surface area contributed by atoms with Gasteiger partial charge in [-0.25, -0.2) is 0 Å². The molecule has 132 valence electrons. The molecule has 1 atom stereocenters. The van der Waals surface area contributed by atoms with Crippen LogP contribution in [0.3, 0.4) is 0 Å². The van der Waals surface area contributed by atoms with Gasteiger partial charge in [-0.1, -0.05) is 26.0 Å². The van der Waals surface area contributed by atoms with E-state index < -0.39 is 17.3 Å². The molecule has 2 rings (SSSR count). The summed E-state index contributed by atoms with van der Waals surface area (Å²) in [4.78, 5) is 2.18. The maximum Gasteiger partial charge on any atom is 0.416 e. The normalized spacial score (nSPS) is 17.7. The zero-order valence-electron chi connectivity index (χ0n) is 13.6. The van der Waals surface area contributed by atoms with Gasteiger partial charge < -0.3 is 10.0 Å². The zero-order valence-corrected chi connectivity index (χ0v) is 14.4. The Balaban J connectivity index is 0.00000264. The van der Waals surface area contributed by atoms with Crippen LogP contribution in [0.5, 0.6) is 0 Å². The molecule has 1 aromatic carbocycles. The van der Waals surface area contributed by atoms with E-state index >= 15 is 0 Å². The van der Waals surface area contributed by atoms with Gasteiger partial charge >= 0.3 is 6.18 Å². The SMILES string of the molecule is CCN(CC)CCC(O)(c1cccc(C(F)(F)F)c1)C1CC1.Cl. The second-order valence-corrected chi connectivity index (χ2v) is 6.05. The lowest BCUT2D eigenvalue weighted by molar-refractivity contribution is -0.137. The molecule has 6 heteroatoms. The summed E-state index contributed by atoms with van der Waals surface area (Å²) in [7, 11) is 0. The summed E-state index contributed by atoms with van der Waals surface area (Å²) in [5.41, 5.74) is -1.44. The minimum Gasteiger partial charge on any atom is -0.385 e. The fraction of sp³-hybridized carbons (Fsp3) is 0.647. The molecule has 0 saturated heterocycles. The monoisotopic (exact) mass is 351 g/mol. The van der Waals surface area contributed by atoms with Gasteiger partial charge in [0.1, 0.15) is 0 Å². The highest BCUT2D eigenvalue weighted by atomic mass is 35.5. The number of aliphatic hydroxyl groups is 1. The van der Waals surface area contributed by atoms with Gasteiger partial charge in [-0.15, -0.1) is 12.4 Å². The summed E-state index contributed by atoms with van der Waals surface area (Å²) in [6.45, 7) is 6.53. The Bertz CT molecular complexity index is 501. The molecule has 0 radical (unpaired) electrons. The lowest BCUT2D eigenvalue weighted by Crippen LogP contribution is -2.35. The van der Waals surface area contributed by atoms with Gasteiger partial charge in [0, 0.05) is 6.54 Å². The molecular weight excluding hydrogens is 327 g/mol. The van der Waals surface area contributed by atoms with E-state index in [1.807, 2.05) is 13.8 Å². The van der Waals surface area contributed by atoms with Gasteiger partial charge in [0.05, 0.1) is 11.2 Å². The van der Waals surface area contributed by atoms with Crippen molar-refractivity contribution >= 4 is 12.4 Å². The summed E-state index contributed by atoms with van der Waals surface area (Å²) in [5, 5.41) is 11.1. The van der Waals surface area contributed by atoms with E-state index in [4.69, 9.17) is 0 Å². The third-order valence-corrected chi connectivity index (χ3v) is 4.65. The summed E-state index contributed by atoms with van der Waals surface area (Å²) >= 11 is 0. The summed E-state index contributed by atoms with van der Waals surface area (Å²) in [5.74, 6) is 0.0755. The van der Waals surface area contributed by atoms with Crippen LogP contribution >= 0.6 is 12.4 Å². The Labute approximate surface area is 142 Å². The first-order valence-corrected chi connectivity index (χ1v) is 7.93. The molecule has 0 bridgehead atoms. The highest BCUT2D eigenvalue weighted by molar-refractivity contribution is 5.85. The third kappa shape index (κ3) is 4.85. The number of nitrogens with zero attached hydrogens (tertiary/aromatic N) is 1. The Hall–Kier alpha value is -0.780. The molecule has 0 amide bonds. The van der Waals surface area contributed by atoms with E-state index in [2.05, 4.69) is 4.90 Å². The van der Waals surface area contributed by atoms with Crippen molar-refractivity contribution in [1.82, 2.24) is 4.90 Å². The van der Waals surface area contributed by atoms with E-state index in [9.17, 15) is 18.3 Å². The average Bonchev–Trinajstić information content (AvgIpc) is 3.32. The van der Waals surface area contributed by atoms with Crippen LogP contribution in [-0.4, -0.2) is 29.6 Å². The van der Waals surface area contributed by atoms with Crippen molar-refractivity contribution in [3.8, 4) is 0 Å². The molecule has 1 saturated carbocycles. The zero-order chi connectivity index (χ0) is 16.4. The third-order valence-electron chi connectivity index (χ3n) is 4.65. The van der Waals surface area contributed by atoms with E-state index in [1.54, 1.807) is 6.07 Å². The molecule has 1 aromatic rings. The van der Waals surface area contributed by atoms with Gasteiger partial charge in [-0.2, -0.15) is 13.2 Å². The van der Waals surface area contributed by atoms with Crippen LogP contribution in [0, 0.1) is 5.92 Å². The van der Waals surface area contributed by atoms with Gasteiger partial charge in [0.2, 0.25) is 0 Å². The number of halogens is 4. The van der Waals surface area contributed by atoms with Crippen LogP contribution in [0.1, 0.15) is 44.2 Å². The van der Waals surface area contributed by atoms with E-state index in [-0.39, 0.29) is 18.3 Å². The van der Waals surface area contributed by atoms with Crippen molar-refractivity contribution in [3.05, 3.63) is 35.4 Å². The highest BCUT2D eigenvalue weighted by Crippen LogP contribution is 2.48. The second-order valence-electron chi connectivity index (χ2n) is 6.05. The van der Waals surface area contributed by atoms with Gasteiger partial charge in [0.25, 0.3) is 0 Å². The molecule has 0 heterocycles. The van der Waals surface area contributed by atoms with E-state index in [0.717, 1.165) is 38.1 Å². The fourth-order valence-electron chi connectivity index (χ4n) is 2.98. The van der Waals surface area contributed by atoms with Crippen LogP contribution in [0.4, 0.5) is 13.2 Å². The maximum absolute atomic E-state index is 12.9. The van der Waals surface area contributed by atoms with Crippen LogP contribution in [0.2, 0.25) is 0 Å². The van der Waals surface area contributed by atoms with Crippen LogP contribution in [0.15, 0.2) is 24.3 Å². The van der Waals surface area contributed by atoms with Crippen molar-refractivity contribution in [2.75, 3.05) is 19.6 Å². The molecule has 2 nitrogen and oxygen atoms in total. The first kappa shape index (κ1) is 20.3. The number of hydrogen-bond donors (Lipinski definition) is 1. The molecule has 0 spiro atoms. The lowest BCUT2D eigenvalue weighted by atomic mass is 9.84. The van der Waals surface area contributed by atoms with Crippen molar-refractivity contribution in [1.29, 1.82) is 0 Å². The minimum absolute atomic E-state index is 0. The average molecular weight is 352 g/mol. The van der Waals surface area contributed by atoms with Gasteiger partial charge in [-0.05, 0) is 56.0 Å². The van der Waals surface area contributed by atoms with Crippen molar-refractivity contribution in [2.45, 2.75) is 44.9 Å². The highest BCUT2D eigenvalue weighted by Gasteiger charge is 2.45. The number of benzene rings is 1. The smallest absolute Gasteiger partial charge is 0.385 e. The Morgan fingerprint density at radius 3 is 2.17 bits per heavy atom. The summed E-state index contributed by atoms with van der Waals surface area (Å²) in [6, 6.07) is 5.18. The largest absolute Gasteiger partial charge is 0.416 e. The van der Waals surface area contributed by atoms with Crippen LogP contribution in [0.25, 0.3) is 0 Å². The fourth-order valence-corrected chi connectivity index (χ4v) is 2.98. The summed E-state index contributed by atoms with van der Waals surface area (Å²) < 4.78 is 38.7. The van der Waals surface area contributed by atoms with Crippen molar-refractivity contribution in [3.63, 3.8) is 0 Å². The first-order chi connectivity index (χ1) is 10.3. The number of hydrogen-bond acceptors (Lipinski definition) is 2. The lowest BCUT2D eigenvalue weighted by Gasteiger charge is -2.32. The molecule has 1 unspecified atom stereocenters. The molecular formula is C17H25ClF3NO. The molecule has 23 heavy (non-hydrogen) atoms. The molecule has 1 aliphatic rings. The first-order valence-electron chi connectivity index (χ1n) is 7.93. The van der Waals surface area contributed by atoms with Crippen LogP contribution < -0.4 is 0 Å². The van der Waals surface area contributed by atoms with Crippen molar-refractivity contribution < 1.29 is 18.3 Å².